The number of nitrogens with one attached hydrogen (secondary N) is 1. The molecule has 1 aliphatic rings. The minimum atomic E-state index is 0.754. The molecule has 0 bridgehead atoms. The van der Waals surface area contributed by atoms with Gasteiger partial charge in [0.2, 0.25) is 0 Å². The van der Waals surface area contributed by atoms with Crippen molar-refractivity contribution >= 4 is 22.5 Å². The standard InChI is InChI=1S/C18H19ClN4/c19-15-1-3-16(4-2-15)23-13-14(12-22-9-7-20-8-10-22)17-5-6-21-11-18(17)23/h1-6,11,13,20H,7-10,12H2. The van der Waals surface area contributed by atoms with Gasteiger partial charge >= 0.3 is 0 Å². The molecule has 2 aromatic heterocycles. The zero-order chi connectivity index (χ0) is 15.6. The van der Waals surface area contributed by atoms with Gasteiger partial charge in [0.25, 0.3) is 0 Å². The first-order valence-corrected chi connectivity index (χ1v) is 8.32. The minimum absolute atomic E-state index is 0.754. The second kappa shape index (κ2) is 6.32. The number of fused-ring (bicyclic) bond motifs is 1. The second-order valence-electron chi connectivity index (χ2n) is 5.92. The van der Waals surface area contributed by atoms with Gasteiger partial charge in [-0.25, -0.2) is 0 Å². The van der Waals surface area contributed by atoms with Gasteiger partial charge in [0.1, 0.15) is 0 Å². The summed E-state index contributed by atoms with van der Waals surface area (Å²) in [5.74, 6) is 0. The molecule has 0 radical (unpaired) electrons. The smallest absolute Gasteiger partial charge is 0.0715 e. The molecule has 4 nitrogen and oxygen atoms in total. The van der Waals surface area contributed by atoms with Crippen LogP contribution in [0, 0.1) is 0 Å². The van der Waals surface area contributed by atoms with Crippen LogP contribution in [0.3, 0.4) is 0 Å². The molecule has 1 fully saturated rings. The number of aromatic nitrogens is 2. The van der Waals surface area contributed by atoms with Crippen molar-refractivity contribution < 1.29 is 0 Å². The van der Waals surface area contributed by atoms with E-state index in [1.54, 1.807) is 0 Å². The van der Waals surface area contributed by atoms with Crippen LogP contribution in [-0.4, -0.2) is 40.6 Å². The summed E-state index contributed by atoms with van der Waals surface area (Å²) in [5, 5.41) is 5.43. The molecule has 0 unspecified atom stereocenters. The fraction of sp³-hybridized carbons (Fsp3) is 0.278. The molecule has 1 aromatic carbocycles. The summed E-state index contributed by atoms with van der Waals surface area (Å²) in [5.41, 5.74) is 3.60. The number of benzene rings is 1. The molecule has 3 aromatic rings. The minimum Gasteiger partial charge on any atom is -0.315 e. The van der Waals surface area contributed by atoms with Crippen molar-refractivity contribution in [3.8, 4) is 5.69 Å². The van der Waals surface area contributed by atoms with Crippen molar-refractivity contribution in [2.75, 3.05) is 26.2 Å². The Morgan fingerprint density at radius 3 is 2.65 bits per heavy atom. The van der Waals surface area contributed by atoms with E-state index in [1.807, 2.05) is 36.7 Å². The van der Waals surface area contributed by atoms with Crippen LogP contribution >= 0.6 is 11.6 Å². The number of rotatable bonds is 3. The third-order valence-corrected chi connectivity index (χ3v) is 4.65. The van der Waals surface area contributed by atoms with E-state index in [-0.39, 0.29) is 0 Å². The topological polar surface area (TPSA) is 33.1 Å². The van der Waals surface area contributed by atoms with E-state index in [0.717, 1.165) is 49.0 Å². The number of piperazine rings is 1. The summed E-state index contributed by atoms with van der Waals surface area (Å²) >= 11 is 6.02. The van der Waals surface area contributed by atoms with E-state index in [9.17, 15) is 0 Å². The molecule has 0 spiro atoms. The average molecular weight is 327 g/mol. The summed E-state index contributed by atoms with van der Waals surface area (Å²) in [4.78, 5) is 6.80. The van der Waals surface area contributed by atoms with Crippen LogP contribution in [0.4, 0.5) is 0 Å². The lowest BCUT2D eigenvalue weighted by Crippen LogP contribution is -2.42. The van der Waals surface area contributed by atoms with Crippen molar-refractivity contribution in [1.82, 2.24) is 19.8 Å². The largest absolute Gasteiger partial charge is 0.315 e. The zero-order valence-corrected chi connectivity index (χ0v) is 13.6. The zero-order valence-electron chi connectivity index (χ0n) is 12.9. The number of hydrogen-bond donors (Lipinski definition) is 1. The Hall–Kier alpha value is -1.88. The molecule has 0 saturated carbocycles. The number of halogens is 1. The quantitative estimate of drug-likeness (QED) is 0.803. The van der Waals surface area contributed by atoms with Gasteiger partial charge in [-0.3, -0.25) is 9.88 Å². The molecule has 23 heavy (non-hydrogen) atoms. The third-order valence-electron chi connectivity index (χ3n) is 4.40. The van der Waals surface area contributed by atoms with Gasteiger partial charge in [-0.15, -0.1) is 0 Å². The highest BCUT2D eigenvalue weighted by molar-refractivity contribution is 6.30. The Morgan fingerprint density at radius 1 is 1.09 bits per heavy atom. The van der Waals surface area contributed by atoms with Crippen LogP contribution in [0.5, 0.6) is 0 Å². The van der Waals surface area contributed by atoms with Crippen LogP contribution in [-0.2, 0) is 6.54 Å². The molecule has 0 atom stereocenters. The van der Waals surface area contributed by atoms with E-state index in [2.05, 4.69) is 32.0 Å². The van der Waals surface area contributed by atoms with Crippen molar-refractivity contribution in [2.24, 2.45) is 0 Å². The number of nitrogens with zero attached hydrogens (tertiary/aromatic N) is 3. The maximum atomic E-state index is 6.02. The van der Waals surface area contributed by atoms with E-state index in [1.165, 1.54) is 10.9 Å². The van der Waals surface area contributed by atoms with Crippen LogP contribution in [0.1, 0.15) is 5.56 Å². The highest BCUT2D eigenvalue weighted by Gasteiger charge is 2.15. The predicted octanol–water partition coefficient (Wildman–Crippen LogP) is 3.08. The van der Waals surface area contributed by atoms with Gasteiger partial charge in [0, 0.05) is 61.2 Å². The van der Waals surface area contributed by atoms with Crippen molar-refractivity contribution in [2.45, 2.75) is 6.54 Å². The predicted molar refractivity (Wildman–Crippen MR) is 94.2 cm³/mol. The van der Waals surface area contributed by atoms with E-state index < -0.39 is 0 Å². The van der Waals surface area contributed by atoms with Crippen LogP contribution in [0.15, 0.2) is 48.9 Å². The summed E-state index contributed by atoms with van der Waals surface area (Å²) in [6.07, 6.45) is 6.04. The summed E-state index contributed by atoms with van der Waals surface area (Å²) < 4.78 is 2.20. The Morgan fingerprint density at radius 2 is 1.87 bits per heavy atom. The Kier molecular flexibility index (Phi) is 4.04. The Balaban J connectivity index is 1.75. The monoisotopic (exact) mass is 326 g/mol. The van der Waals surface area contributed by atoms with Crippen LogP contribution in [0.2, 0.25) is 5.02 Å². The second-order valence-corrected chi connectivity index (χ2v) is 6.36. The Bertz CT molecular complexity index is 804. The van der Waals surface area contributed by atoms with Crippen molar-refractivity contribution in [3.05, 3.63) is 59.5 Å². The fourth-order valence-corrected chi connectivity index (χ4v) is 3.32. The molecule has 5 heteroatoms. The molecule has 1 N–H and O–H groups in total. The van der Waals surface area contributed by atoms with Gasteiger partial charge < -0.3 is 9.88 Å². The molecule has 3 heterocycles. The summed E-state index contributed by atoms with van der Waals surface area (Å²) in [6.45, 7) is 5.30. The lowest BCUT2D eigenvalue weighted by atomic mass is 10.2. The molecule has 4 rings (SSSR count). The van der Waals surface area contributed by atoms with Crippen LogP contribution in [0.25, 0.3) is 16.6 Å². The van der Waals surface area contributed by atoms with E-state index in [4.69, 9.17) is 11.6 Å². The summed E-state index contributed by atoms with van der Waals surface area (Å²) in [7, 11) is 0. The molecular weight excluding hydrogens is 308 g/mol. The molecule has 1 aliphatic heterocycles. The lowest BCUT2D eigenvalue weighted by Gasteiger charge is -2.26. The normalized spacial score (nSPS) is 16.0. The van der Waals surface area contributed by atoms with Gasteiger partial charge in [-0.05, 0) is 35.9 Å². The van der Waals surface area contributed by atoms with Gasteiger partial charge in [0.05, 0.1) is 11.7 Å². The van der Waals surface area contributed by atoms with Crippen LogP contribution < -0.4 is 5.32 Å². The fourth-order valence-electron chi connectivity index (χ4n) is 3.20. The van der Waals surface area contributed by atoms with Crippen molar-refractivity contribution in [3.63, 3.8) is 0 Å². The third kappa shape index (κ3) is 2.98. The van der Waals surface area contributed by atoms with E-state index in [0.29, 0.717) is 0 Å². The highest BCUT2D eigenvalue weighted by atomic mass is 35.5. The molecular formula is C18H19ClN4. The molecule has 0 aliphatic carbocycles. The first kappa shape index (κ1) is 14.7. The van der Waals surface area contributed by atoms with Crippen molar-refractivity contribution in [1.29, 1.82) is 0 Å². The maximum Gasteiger partial charge on any atom is 0.0715 e. The molecule has 0 amide bonds. The first-order valence-electron chi connectivity index (χ1n) is 7.94. The summed E-state index contributed by atoms with van der Waals surface area (Å²) in [6, 6.07) is 10.1. The number of pyridine rings is 1. The Labute approximate surface area is 140 Å². The molecule has 118 valence electrons. The number of hydrogen-bond acceptors (Lipinski definition) is 3. The molecule has 1 saturated heterocycles. The highest BCUT2D eigenvalue weighted by Crippen LogP contribution is 2.26. The van der Waals surface area contributed by atoms with E-state index >= 15 is 0 Å². The van der Waals surface area contributed by atoms with Gasteiger partial charge in [0.15, 0.2) is 0 Å². The lowest BCUT2D eigenvalue weighted by molar-refractivity contribution is 0.234. The average Bonchev–Trinajstić information content (AvgIpc) is 2.95. The SMILES string of the molecule is Clc1ccc(-n2cc(CN3CCNCC3)c3ccncc32)cc1. The van der Waals surface area contributed by atoms with Gasteiger partial charge in [-0.1, -0.05) is 11.6 Å². The van der Waals surface area contributed by atoms with Gasteiger partial charge in [-0.2, -0.15) is 0 Å². The maximum absolute atomic E-state index is 6.02. The first-order chi connectivity index (χ1) is 11.3.